The predicted molar refractivity (Wildman–Crippen MR) is 59.8 cm³/mol. The maximum atomic E-state index is 8.92. The summed E-state index contributed by atoms with van der Waals surface area (Å²) >= 11 is 0. The van der Waals surface area contributed by atoms with Crippen LogP contribution in [0.4, 0.5) is 0 Å². The lowest BCUT2D eigenvalue weighted by Gasteiger charge is -2.00. The van der Waals surface area contributed by atoms with Gasteiger partial charge in [0.1, 0.15) is 12.3 Å². The van der Waals surface area contributed by atoms with Crippen molar-refractivity contribution in [3.05, 3.63) is 41.7 Å². The lowest BCUT2D eigenvalue weighted by Crippen LogP contribution is -1.82. The second-order valence-corrected chi connectivity index (χ2v) is 4.24. The number of aliphatic hydroxyl groups excluding tert-OH is 1. The summed E-state index contributed by atoms with van der Waals surface area (Å²) in [7, 11) is 0. The first-order valence-electron chi connectivity index (χ1n) is 5.53. The molecule has 0 radical (unpaired) electrons. The van der Waals surface area contributed by atoms with Gasteiger partial charge in [0.15, 0.2) is 5.76 Å². The summed E-state index contributed by atoms with van der Waals surface area (Å²) in [6.07, 6.45) is 2.59. The summed E-state index contributed by atoms with van der Waals surface area (Å²) in [4.78, 5) is 0. The van der Waals surface area contributed by atoms with Gasteiger partial charge >= 0.3 is 0 Å². The van der Waals surface area contributed by atoms with Gasteiger partial charge in [-0.15, -0.1) is 0 Å². The minimum absolute atomic E-state index is 0.102. The van der Waals surface area contributed by atoms with E-state index in [0.717, 1.165) is 17.2 Å². The maximum absolute atomic E-state index is 8.92. The lowest BCUT2D eigenvalue weighted by atomic mass is 10.1. The van der Waals surface area contributed by atoms with Gasteiger partial charge in [0.25, 0.3) is 0 Å². The van der Waals surface area contributed by atoms with Gasteiger partial charge in [0.2, 0.25) is 0 Å². The maximum Gasteiger partial charge on any atom is 0.162 e. The van der Waals surface area contributed by atoms with Crippen LogP contribution in [-0.2, 0) is 6.61 Å². The molecule has 82 valence electrons. The third-order valence-corrected chi connectivity index (χ3v) is 2.95. The van der Waals surface area contributed by atoms with Crippen molar-refractivity contribution >= 4 is 0 Å². The quantitative estimate of drug-likeness (QED) is 0.856. The van der Waals surface area contributed by atoms with Crippen LogP contribution < -0.4 is 0 Å². The van der Waals surface area contributed by atoms with E-state index in [1.54, 1.807) is 6.07 Å². The van der Waals surface area contributed by atoms with Crippen LogP contribution in [0.15, 0.2) is 34.9 Å². The Hall–Kier alpha value is -1.61. The number of aromatic nitrogens is 1. The molecule has 1 N–H and O–H groups in total. The van der Waals surface area contributed by atoms with Gasteiger partial charge in [-0.2, -0.15) is 0 Å². The molecular weight excluding hydrogens is 202 g/mol. The normalized spacial score (nSPS) is 15.3. The molecule has 1 aromatic heterocycles. The number of benzene rings is 1. The minimum atomic E-state index is -0.102. The van der Waals surface area contributed by atoms with E-state index in [-0.39, 0.29) is 6.61 Å². The molecule has 1 fully saturated rings. The van der Waals surface area contributed by atoms with Crippen molar-refractivity contribution in [3.8, 4) is 11.3 Å². The van der Waals surface area contributed by atoms with Crippen LogP contribution in [0.5, 0.6) is 0 Å². The topological polar surface area (TPSA) is 46.3 Å². The fraction of sp³-hybridized carbons (Fsp3) is 0.308. The zero-order valence-electron chi connectivity index (χ0n) is 8.89. The van der Waals surface area contributed by atoms with E-state index in [1.165, 1.54) is 18.4 Å². The Kier molecular flexibility index (Phi) is 2.26. The molecule has 0 unspecified atom stereocenters. The van der Waals surface area contributed by atoms with Gasteiger partial charge in [-0.3, -0.25) is 0 Å². The summed E-state index contributed by atoms with van der Waals surface area (Å²) in [5, 5.41) is 12.9. The molecule has 1 aliphatic rings. The Morgan fingerprint density at radius 2 is 2.19 bits per heavy atom. The van der Waals surface area contributed by atoms with Crippen molar-refractivity contribution in [1.29, 1.82) is 0 Å². The van der Waals surface area contributed by atoms with E-state index in [9.17, 15) is 0 Å². The average Bonchev–Trinajstić information content (AvgIpc) is 3.07. The summed E-state index contributed by atoms with van der Waals surface area (Å²) in [6, 6.07) is 10.2. The van der Waals surface area contributed by atoms with Gasteiger partial charge in [-0.05, 0) is 30.4 Å². The van der Waals surface area contributed by atoms with Crippen molar-refractivity contribution in [2.75, 3.05) is 0 Å². The molecule has 0 saturated heterocycles. The lowest BCUT2D eigenvalue weighted by molar-refractivity contribution is 0.229. The summed E-state index contributed by atoms with van der Waals surface area (Å²) < 4.78 is 4.98. The molecule has 1 heterocycles. The van der Waals surface area contributed by atoms with Gasteiger partial charge in [0, 0.05) is 11.6 Å². The molecule has 3 nitrogen and oxygen atoms in total. The van der Waals surface area contributed by atoms with Crippen molar-refractivity contribution in [2.45, 2.75) is 25.4 Å². The predicted octanol–water partition coefficient (Wildman–Crippen LogP) is 2.71. The van der Waals surface area contributed by atoms with Crippen LogP contribution in [0.1, 0.15) is 30.1 Å². The number of nitrogens with zero attached hydrogens (tertiary/aromatic N) is 1. The Balaban J connectivity index is 1.95. The number of aliphatic hydroxyl groups is 1. The molecule has 0 spiro atoms. The first kappa shape index (κ1) is 9.60. The van der Waals surface area contributed by atoms with E-state index >= 15 is 0 Å². The summed E-state index contributed by atoms with van der Waals surface area (Å²) in [5.74, 6) is 1.25. The Labute approximate surface area is 93.7 Å². The van der Waals surface area contributed by atoms with E-state index in [1.807, 2.05) is 6.07 Å². The highest BCUT2D eigenvalue weighted by molar-refractivity contribution is 5.60. The molecule has 3 heteroatoms. The Morgan fingerprint density at radius 3 is 2.88 bits per heavy atom. The molecule has 0 bridgehead atoms. The second-order valence-electron chi connectivity index (χ2n) is 4.24. The molecule has 0 aliphatic heterocycles. The van der Waals surface area contributed by atoms with E-state index in [4.69, 9.17) is 9.63 Å². The molecule has 16 heavy (non-hydrogen) atoms. The van der Waals surface area contributed by atoms with Gasteiger partial charge in [-0.1, -0.05) is 23.4 Å². The molecule has 2 aromatic rings. The fourth-order valence-electron chi connectivity index (χ4n) is 1.89. The number of hydrogen-bond donors (Lipinski definition) is 1. The summed E-state index contributed by atoms with van der Waals surface area (Å²) in [6.45, 7) is -0.102. The van der Waals surface area contributed by atoms with E-state index < -0.39 is 0 Å². The largest absolute Gasteiger partial charge is 0.388 e. The van der Waals surface area contributed by atoms with Crippen LogP contribution in [0.3, 0.4) is 0 Å². The molecule has 1 aromatic carbocycles. The first-order chi connectivity index (χ1) is 7.86. The van der Waals surface area contributed by atoms with Gasteiger partial charge in [-0.25, -0.2) is 0 Å². The standard InChI is InChI=1S/C13H13NO2/c15-8-12-7-13(14-16-12)11-3-1-2-10(6-11)9-4-5-9/h1-3,6-7,9,15H,4-5,8H2. The minimum Gasteiger partial charge on any atom is -0.388 e. The molecule has 0 amide bonds. The Morgan fingerprint density at radius 1 is 1.31 bits per heavy atom. The molecular formula is C13H13NO2. The zero-order valence-corrected chi connectivity index (χ0v) is 8.89. The van der Waals surface area contributed by atoms with E-state index in [0.29, 0.717) is 5.76 Å². The Bertz CT molecular complexity index is 500. The van der Waals surface area contributed by atoms with Crippen molar-refractivity contribution in [3.63, 3.8) is 0 Å². The third kappa shape index (κ3) is 1.74. The first-order valence-corrected chi connectivity index (χ1v) is 5.53. The van der Waals surface area contributed by atoms with E-state index in [2.05, 4.69) is 23.4 Å². The smallest absolute Gasteiger partial charge is 0.162 e. The van der Waals surface area contributed by atoms with Gasteiger partial charge < -0.3 is 9.63 Å². The van der Waals surface area contributed by atoms with Crippen LogP contribution in [0.2, 0.25) is 0 Å². The molecule has 1 saturated carbocycles. The van der Waals surface area contributed by atoms with Crippen LogP contribution in [-0.4, -0.2) is 10.3 Å². The van der Waals surface area contributed by atoms with Crippen LogP contribution >= 0.6 is 0 Å². The van der Waals surface area contributed by atoms with Crippen molar-refractivity contribution in [1.82, 2.24) is 5.16 Å². The number of hydrogen-bond acceptors (Lipinski definition) is 3. The highest BCUT2D eigenvalue weighted by atomic mass is 16.5. The molecule has 1 aliphatic carbocycles. The monoisotopic (exact) mass is 215 g/mol. The van der Waals surface area contributed by atoms with Crippen LogP contribution in [0, 0.1) is 0 Å². The highest BCUT2D eigenvalue weighted by Crippen LogP contribution is 2.40. The molecule has 0 atom stereocenters. The zero-order chi connectivity index (χ0) is 11.0. The van der Waals surface area contributed by atoms with Crippen LogP contribution in [0.25, 0.3) is 11.3 Å². The highest BCUT2D eigenvalue weighted by Gasteiger charge is 2.23. The third-order valence-electron chi connectivity index (χ3n) is 2.95. The molecule has 3 rings (SSSR count). The van der Waals surface area contributed by atoms with Crippen molar-refractivity contribution < 1.29 is 9.63 Å². The summed E-state index contributed by atoms with van der Waals surface area (Å²) in [5.41, 5.74) is 3.24. The van der Waals surface area contributed by atoms with Crippen molar-refractivity contribution in [2.24, 2.45) is 0 Å². The average molecular weight is 215 g/mol. The second kappa shape index (κ2) is 3.76. The fourth-order valence-corrected chi connectivity index (χ4v) is 1.89. The van der Waals surface area contributed by atoms with Gasteiger partial charge in [0.05, 0.1) is 0 Å². The SMILES string of the molecule is OCc1cc(-c2cccc(C3CC3)c2)no1. The number of rotatable bonds is 3.